The van der Waals surface area contributed by atoms with Gasteiger partial charge in [-0.1, -0.05) is 6.92 Å². The quantitative estimate of drug-likeness (QED) is 0.728. The SMILES string of the molecule is CC1(CN(c2ccc(F)cc2Br)S(=O)(=O)C(F)(F)F)CC1. The van der Waals surface area contributed by atoms with Crippen molar-refractivity contribution in [2.24, 2.45) is 5.41 Å². The van der Waals surface area contributed by atoms with E-state index in [0.717, 1.165) is 18.2 Å². The zero-order valence-corrected chi connectivity index (χ0v) is 13.3. The Morgan fingerprint density at radius 2 is 1.90 bits per heavy atom. The molecule has 9 heteroatoms. The molecule has 21 heavy (non-hydrogen) atoms. The maximum atomic E-state index is 13.1. The molecule has 0 atom stereocenters. The van der Waals surface area contributed by atoms with Gasteiger partial charge in [0.25, 0.3) is 0 Å². The van der Waals surface area contributed by atoms with Gasteiger partial charge in [0.1, 0.15) is 5.82 Å². The molecule has 1 aliphatic carbocycles. The van der Waals surface area contributed by atoms with Crippen molar-refractivity contribution in [2.45, 2.75) is 25.3 Å². The average Bonchev–Trinajstić information content (AvgIpc) is 3.04. The van der Waals surface area contributed by atoms with Crippen LogP contribution in [-0.2, 0) is 10.0 Å². The van der Waals surface area contributed by atoms with E-state index < -0.39 is 26.8 Å². The van der Waals surface area contributed by atoms with Crippen molar-refractivity contribution < 1.29 is 26.0 Å². The highest BCUT2D eigenvalue weighted by Gasteiger charge is 2.53. The molecule has 0 aromatic heterocycles. The molecule has 3 nitrogen and oxygen atoms in total. The van der Waals surface area contributed by atoms with Crippen LogP contribution < -0.4 is 4.31 Å². The third kappa shape index (κ3) is 3.33. The first kappa shape index (κ1) is 16.5. The molecule has 2 rings (SSSR count). The van der Waals surface area contributed by atoms with Gasteiger partial charge in [-0.15, -0.1) is 0 Å². The second-order valence-corrected chi connectivity index (χ2v) is 8.07. The lowest BCUT2D eigenvalue weighted by Crippen LogP contribution is -2.43. The van der Waals surface area contributed by atoms with Crippen molar-refractivity contribution in [3.63, 3.8) is 0 Å². The van der Waals surface area contributed by atoms with Crippen molar-refractivity contribution >= 4 is 31.6 Å². The number of alkyl halides is 3. The molecule has 0 saturated heterocycles. The number of anilines is 1. The van der Waals surface area contributed by atoms with E-state index in [1.807, 2.05) is 0 Å². The highest BCUT2D eigenvalue weighted by molar-refractivity contribution is 9.10. The molecule has 1 saturated carbocycles. The molecule has 118 valence electrons. The van der Waals surface area contributed by atoms with Crippen molar-refractivity contribution in [1.82, 2.24) is 0 Å². The number of hydrogen-bond donors (Lipinski definition) is 0. The summed E-state index contributed by atoms with van der Waals surface area (Å²) in [7, 11) is -5.54. The smallest absolute Gasteiger partial charge is 0.261 e. The van der Waals surface area contributed by atoms with Gasteiger partial charge in [-0.3, -0.25) is 4.31 Å². The molecule has 0 unspecified atom stereocenters. The van der Waals surface area contributed by atoms with Crippen LogP contribution in [-0.4, -0.2) is 20.5 Å². The monoisotopic (exact) mass is 389 g/mol. The second kappa shape index (κ2) is 5.12. The predicted molar refractivity (Wildman–Crippen MR) is 73.8 cm³/mol. The van der Waals surface area contributed by atoms with Crippen LogP contribution in [0.4, 0.5) is 23.2 Å². The summed E-state index contributed by atoms with van der Waals surface area (Å²) < 4.78 is 75.5. The van der Waals surface area contributed by atoms with Crippen molar-refractivity contribution in [3.8, 4) is 0 Å². The fourth-order valence-electron chi connectivity index (χ4n) is 1.83. The highest BCUT2D eigenvalue weighted by Crippen LogP contribution is 2.48. The highest BCUT2D eigenvalue weighted by atomic mass is 79.9. The Bertz CT molecular complexity index is 656. The first-order valence-corrected chi connectivity index (χ1v) is 8.24. The van der Waals surface area contributed by atoms with E-state index in [1.54, 1.807) is 6.92 Å². The summed E-state index contributed by atoms with van der Waals surface area (Å²) in [4.78, 5) is 0. The van der Waals surface area contributed by atoms with Gasteiger partial charge >= 0.3 is 15.5 Å². The number of benzene rings is 1. The van der Waals surface area contributed by atoms with Crippen LogP contribution in [0.15, 0.2) is 22.7 Å². The molecule has 1 fully saturated rings. The van der Waals surface area contributed by atoms with Crippen LogP contribution in [0.3, 0.4) is 0 Å². The van der Waals surface area contributed by atoms with E-state index in [4.69, 9.17) is 0 Å². The third-order valence-corrected chi connectivity index (χ3v) is 5.52. The fourth-order valence-corrected chi connectivity index (χ4v) is 3.66. The zero-order valence-electron chi connectivity index (χ0n) is 10.9. The van der Waals surface area contributed by atoms with Crippen LogP contribution in [0.25, 0.3) is 0 Å². The van der Waals surface area contributed by atoms with E-state index in [-0.39, 0.29) is 16.7 Å². The van der Waals surface area contributed by atoms with Crippen LogP contribution >= 0.6 is 15.9 Å². The zero-order chi connectivity index (χ0) is 16.1. The number of rotatable bonds is 4. The maximum Gasteiger partial charge on any atom is 0.516 e. The number of halogens is 5. The van der Waals surface area contributed by atoms with Crippen molar-refractivity contribution in [1.29, 1.82) is 0 Å². The van der Waals surface area contributed by atoms with Gasteiger partial charge < -0.3 is 0 Å². The summed E-state index contributed by atoms with van der Waals surface area (Å²) in [6, 6.07) is 2.88. The third-order valence-electron chi connectivity index (χ3n) is 3.39. The Kier molecular flexibility index (Phi) is 4.03. The van der Waals surface area contributed by atoms with E-state index in [0.29, 0.717) is 17.1 Å². The van der Waals surface area contributed by atoms with Crippen molar-refractivity contribution in [2.75, 3.05) is 10.8 Å². The fraction of sp³-hybridized carbons (Fsp3) is 0.500. The molecule has 0 aliphatic heterocycles. The molecule has 0 N–H and O–H groups in total. The predicted octanol–water partition coefficient (Wildman–Crippen LogP) is 4.04. The minimum absolute atomic E-state index is 0.0421. The van der Waals surface area contributed by atoms with Gasteiger partial charge in [0, 0.05) is 11.0 Å². The van der Waals surface area contributed by atoms with Gasteiger partial charge in [-0.25, -0.2) is 4.39 Å². The summed E-state index contributed by atoms with van der Waals surface area (Å²) >= 11 is 2.92. The van der Waals surface area contributed by atoms with E-state index in [9.17, 15) is 26.0 Å². The van der Waals surface area contributed by atoms with Gasteiger partial charge in [0.15, 0.2) is 0 Å². The van der Waals surface area contributed by atoms with E-state index in [2.05, 4.69) is 15.9 Å². The van der Waals surface area contributed by atoms with E-state index >= 15 is 0 Å². The lowest BCUT2D eigenvalue weighted by atomic mass is 10.1. The topological polar surface area (TPSA) is 37.4 Å². The average molecular weight is 390 g/mol. The minimum Gasteiger partial charge on any atom is -0.261 e. The first-order valence-electron chi connectivity index (χ1n) is 6.00. The molecule has 1 aromatic rings. The van der Waals surface area contributed by atoms with E-state index in [1.165, 1.54) is 0 Å². The lowest BCUT2D eigenvalue weighted by molar-refractivity contribution is -0.0439. The molecule has 0 heterocycles. The van der Waals surface area contributed by atoms with Crippen LogP contribution in [0.1, 0.15) is 19.8 Å². The first-order chi connectivity index (χ1) is 9.46. The summed E-state index contributed by atoms with van der Waals surface area (Å²) in [5.41, 5.74) is -6.11. The van der Waals surface area contributed by atoms with Crippen LogP contribution in [0.5, 0.6) is 0 Å². The van der Waals surface area contributed by atoms with Gasteiger partial charge in [-0.05, 0) is 52.4 Å². The Morgan fingerprint density at radius 3 is 2.33 bits per heavy atom. The van der Waals surface area contributed by atoms with Crippen LogP contribution in [0.2, 0.25) is 0 Å². The Morgan fingerprint density at radius 1 is 1.33 bits per heavy atom. The minimum atomic E-state index is -5.54. The Labute approximate surface area is 128 Å². The van der Waals surface area contributed by atoms with Gasteiger partial charge in [-0.2, -0.15) is 21.6 Å². The Balaban J connectivity index is 2.51. The normalized spacial score (nSPS) is 17.6. The number of nitrogens with zero attached hydrogens (tertiary/aromatic N) is 1. The van der Waals surface area contributed by atoms with Crippen molar-refractivity contribution in [3.05, 3.63) is 28.5 Å². The Hall–Kier alpha value is -0.830. The summed E-state index contributed by atoms with van der Waals surface area (Å²) in [6.45, 7) is 1.42. The summed E-state index contributed by atoms with van der Waals surface area (Å²) in [5, 5.41) is 0. The van der Waals surface area contributed by atoms with Crippen LogP contribution in [0, 0.1) is 11.2 Å². The summed E-state index contributed by atoms with van der Waals surface area (Å²) in [6.07, 6.45) is 1.30. The molecule has 0 spiro atoms. The summed E-state index contributed by atoms with van der Waals surface area (Å²) in [5.74, 6) is -0.674. The molecule has 0 bridgehead atoms. The number of sulfonamides is 1. The lowest BCUT2D eigenvalue weighted by Gasteiger charge is -2.28. The molecule has 0 radical (unpaired) electrons. The molecular weight excluding hydrogens is 378 g/mol. The standard InChI is InChI=1S/C12H12BrF4NO2S/c1-11(4-5-11)7-18(21(19,20)12(15,16)17)10-3-2-8(14)6-9(10)13/h2-3,6H,4-5,7H2,1H3. The maximum absolute atomic E-state index is 13.1. The molecule has 1 aliphatic rings. The second-order valence-electron chi connectivity index (χ2n) is 5.36. The molecule has 0 amide bonds. The molecule has 1 aromatic carbocycles. The molecular formula is C12H12BrF4NO2S. The van der Waals surface area contributed by atoms with Gasteiger partial charge in [0.2, 0.25) is 0 Å². The number of hydrogen-bond acceptors (Lipinski definition) is 2. The largest absolute Gasteiger partial charge is 0.516 e. The van der Waals surface area contributed by atoms with Gasteiger partial charge in [0.05, 0.1) is 5.69 Å².